The van der Waals surface area contributed by atoms with E-state index in [9.17, 15) is 9.65 Å². The Morgan fingerprint density at radius 2 is 1.88 bits per heavy atom. The van der Waals surface area contributed by atoms with Crippen molar-refractivity contribution in [3.63, 3.8) is 0 Å². The Kier molecular flexibility index (Phi) is 8.50. The number of hydrogen-bond acceptors (Lipinski definition) is 4. The SMILES string of the molecule is CN=C(NCCCc1nn(-c2ccccc2)c(N)c1C#N)NCC1(c2ccccc2F)CC1.I. The molecule has 0 unspecified atom stereocenters. The molecule has 0 spiro atoms. The summed E-state index contributed by atoms with van der Waals surface area (Å²) in [4.78, 5) is 4.28. The van der Waals surface area contributed by atoms with Crippen LogP contribution in [0.3, 0.4) is 0 Å². The second-order valence-corrected chi connectivity index (χ2v) is 8.28. The van der Waals surface area contributed by atoms with Gasteiger partial charge in [-0.25, -0.2) is 9.07 Å². The summed E-state index contributed by atoms with van der Waals surface area (Å²) in [5, 5.41) is 20.7. The van der Waals surface area contributed by atoms with E-state index in [1.807, 2.05) is 42.5 Å². The van der Waals surface area contributed by atoms with Gasteiger partial charge < -0.3 is 16.4 Å². The number of nitriles is 1. The van der Waals surface area contributed by atoms with Crippen LogP contribution in [0, 0.1) is 17.1 Å². The molecule has 1 heterocycles. The molecule has 0 saturated heterocycles. The number of aromatic nitrogens is 2. The molecule has 1 aromatic heterocycles. The monoisotopic (exact) mass is 573 g/mol. The molecule has 3 aromatic rings. The van der Waals surface area contributed by atoms with Gasteiger partial charge in [0, 0.05) is 25.6 Å². The third-order valence-corrected chi connectivity index (χ3v) is 6.11. The van der Waals surface area contributed by atoms with Gasteiger partial charge in [-0.3, -0.25) is 4.99 Å². The minimum absolute atomic E-state index is 0. The van der Waals surface area contributed by atoms with Crippen LogP contribution in [0.25, 0.3) is 5.69 Å². The maximum Gasteiger partial charge on any atom is 0.191 e. The highest BCUT2D eigenvalue weighted by atomic mass is 127. The van der Waals surface area contributed by atoms with Crippen LogP contribution in [0.2, 0.25) is 0 Å². The van der Waals surface area contributed by atoms with Gasteiger partial charge in [0.2, 0.25) is 0 Å². The number of benzene rings is 2. The Bertz CT molecular complexity index is 1180. The van der Waals surface area contributed by atoms with Crippen LogP contribution in [0.5, 0.6) is 0 Å². The van der Waals surface area contributed by atoms with Gasteiger partial charge in [-0.05, 0) is 49.4 Å². The van der Waals surface area contributed by atoms with Crippen molar-refractivity contribution in [2.24, 2.45) is 4.99 Å². The molecule has 1 fully saturated rings. The maximum atomic E-state index is 14.2. The first-order valence-corrected chi connectivity index (χ1v) is 11.1. The molecule has 7 nitrogen and oxygen atoms in total. The molecule has 4 rings (SSSR count). The fraction of sp³-hybridized carbons (Fsp3) is 0.320. The van der Waals surface area contributed by atoms with Crippen LogP contribution in [-0.2, 0) is 11.8 Å². The van der Waals surface area contributed by atoms with E-state index in [4.69, 9.17) is 5.73 Å². The molecule has 1 saturated carbocycles. The largest absolute Gasteiger partial charge is 0.382 e. The Hall–Kier alpha value is -3.13. The predicted octanol–water partition coefficient (Wildman–Crippen LogP) is 3.91. The molecule has 1 aliphatic rings. The van der Waals surface area contributed by atoms with Crippen LogP contribution in [0.1, 0.15) is 36.1 Å². The number of aryl methyl sites for hydroxylation is 1. The standard InChI is InChI=1S/C25H28FN7.HI/c1-29-24(31-17-25(13-14-25)20-10-5-6-11-21(20)26)30-15-7-12-22-19(16-27)23(28)33(32-22)18-8-3-2-4-9-18;/h2-6,8-11H,7,12-15,17,28H2,1H3,(H2,29,30,31);1H. The molecular weight excluding hydrogens is 544 g/mol. The normalized spacial score (nSPS) is 14.1. The molecule has 2 aromatic carbocycles. The summed E-state index contributed by atoms with van der Waals surface area (Å²) in [5.74, 6) is 0.877. The van der Waals surface area contributed by atoms with Gasteiger partial charge in [-0.15, -0.1) is 24.0 Å². The lowest BCUT2D eigenvalue weighted by molar-refractivity contribution is 0.559. The smallest absolute Gasteiger partial charge is 0.191 e. The zero-order chi connectivity index (χ0) is 23.3. The van der Waals surface area contributed by atoms with Gasteiger partial charge in [-0.1, -0.05) is 36.4 Å². The van der Waals surface area contributed by atoms with Crippen molar-refractivity contribution in [2.45, 2.75) is 31.1 Å². The molecule has 0 bridgehead atoms. The lowest BCUT2D eigenvalue weighted by Gasteiger charge is -2.19. The Morgan fingerprint density at radius 1 is 1.18 bits per heavy atom. The summed E-state index contributed by atoms with van der Waals surface area (Å²) in [6.45, 7) is 1.28. The first kappa shape index (κ1) is 25.5. The van der Waals surface area contributed by atoms with E-state index in [-0.39, 0.29) is 35.2 Å². The molecule has 0 radical (unpaired) electrons. The third kappa shape index (κ3) is 5.50. The van der Waals surface area contributed by atoms with Crippen molar-refractivity contribution in [3.8, 4) is 11.8 Å². The molecule has 0 aliphatic heterocycles. The Balaban J connectivity index is 0.00000324. The van der Waals surface area contributed by atoms with Gasteiger partial charge in [0.25, 0.3) is 0 Å². The highest BCUT2D eigenvalue weighted by Crippen LogP contribution is 2.48. The number of nitrogens with one attached hydrogen (secondary N) is 2. The Labute approximate surface area is 216 Å². The topological polar surface area (TPSA) is 104 Å². The van der Waals surface area contributed by atoms with Gasteiger partial charge in [-0.2, -0.15) is 10.4 Å². The van der Waals surface area contributed by atoms with Crippen molar-refractivity contribution in [3.05, 3.63) is 77.2 Å². The van der Waals surface area contributed by atoms with E-state index in [1.165, 1.54) is 6.07 Å². The summed E-state index contributed by atoms with van der Waals surface area (Å²) in [7, 11) is 1.72. The number of guanidine groups is 1. The second kappa shape index (κ2) is 11.3. The summed E-state index contributed by atoms with van der Waals surface area (Å²) in [5.41, 5.74) is 8.70. The number of nitrogens with zero attached hydrogens (tertiary/aromatic N) is 4. The summed E-state index contributed by atoms with van der Waals surface area (Å²) in [6.07, 6.45) is 3.27. The van der Waals surface area contributed by atoms with Crippen LogP contribution in [0.15, 0.2) is 59.6 Å². The lowest BCUT2D eigenvalue weighted by Crippen LogP contribution is -2.41. The predicted molar refractivity (Wildman–Crippen MR) is 143 cm³/mol. The first-order valence-electron chi connectivity index (χ1n) is 11.1. The molecule has 34 heavy (non-hydrogen) atoms. The average molecular weight is 573 g/mol. The van der Waals surface area contributed by atoms with Crippen molar-refractivity contribution in [1.82, 2.24) is 20.4 Å². The van der Waals surface area contributed by atoms with E-state index in [2.05, 4.69) is 26.8 Å². The van der Waals surface area contributed by atoms with E-state index in [1.54, 1.807) is 17.8 Å². The summed E-state index contributed by atoms with van der Waals surface area (Å²) < 4.78 is 15.8. The lowest BCUT2D eigenvalue weighted by atomic mass is 9.95. The Morgan fingerprint density at radius 3 is 2.53 bits per heavy atom. The molecule has 178 valence electrons. The van der Waals surface area contributed by atoms with Crippen molar-refractivity contribution < 1.29 is 4.39 Å². The molecule has 4 N–H and O–H groups in total. The van der Waals surface area contributed by atoms with Gasteiger partial charge in [0.1, 0.15) is 23.3 Å². The zero-order valence-electron chi connectivity index (χ0n) is 19.1. The van der Waals surface area contributed by atoms with Crippen LogP contribution in [-0.4, -0.2) is 35.9 Å². The average Bonchev–Trinajstić information content (AvgIpc) is 3.56. The van der Waals surface area contributed by atoms with E-state index >= 15 is 0 Å². The molecule has 0 amide bonds. The van der Waals surface area contributed by atoms with Gasteiger partial charge >= 0.3 is 0 Å². The molecule has 0 atom stereocenters. The fourth-order valence-corrected chi connectivity index (χ4v) is 4.06. The fourth-order valence-electron chi connectivity index (χ4n) is 4.06. The molecule has 9 heteroatoms. The number of halogens is 2. The molecule has 1 aliphatic carbocycles. The molecular formula is C25H29FIN7. The number of rotatable bonds is 8. The van der Waals surface area contributed by atoms with Crippen LogP contribution >= 0.6 is 24.0 Å². The third-order valence-electron chi connectivity index (χ3n) is 6.11. The van der Waals surface area contributed by atoms with Crippen molar-refractivity contribution in [1.29, 1.82) is 5.26 Å². The van der Waals surface area contributed by atoms with E-state index in [0.717, 1.165) is 30.5 Å². The highest BCUT2D eigenvalue weighted by molar-refractivity contribution is 14.0. The first-order chi connectivity index (χ1) is 16.1. The number of anilines is 1. The van der Waals surface area contributed by atoms with E-state index < -0.39 is 0 Å². The quantitative estimate of drug-likeness (QED) is 0.164. The van der Waals surface area contributed by atoms with E-state index in [0.29, 0.717) is 42.5 Å². The maximum absolute atomic E-state index is 14.2. The number of nitrogens with two attached hydrogens (primary N) is 1. The minimum Gasteiger partial charge on any atom is -0.382 e. The highest BCUT2D eigenvalue weighted by Gasteiger charge is 2.45. The minimum atomic E-state index is -0.160. The van der Waals surface area contributed by atoms with Crippen LogP contribution in [0.4, 0.5) is 10.2 Å². The zero-order valence-corrected chi connectivity index (χ0v) is 21.4. The van der Waals surface area contributed by atoms with Gasteiger partial charge in [0.05, 0.1) is 11.4 Å². The summed E-state index contributed by atoms with van der Waals surface area (Å²) in [6, 6.07) is 18.7. The van der Waals surface area contributed by atoms with Crippen molar-refractivity contribution >= 4 is 35.8 Å². The summed E-state index contributed by atoms with van der Waals surface area (Å²) >= 11 is 0. The van der Waals surface area contributed by atoms with Crippen molar-refractivity contribution in [2.75, 3.05) is 25.9 Å². The second-order valence-electron chi connectivity index (χ2n) is 8.28. The number of nitrogen functional groups attached to an aromatic ring is 1. The number of para-hydroxylation sites is 1. The number of aliphatic imine (C=N–C) groups is 1. The van der Waals surface area contributed by atoms with Gasteiger partial charge in [0.15, 0.2) is 5.96 Å². The number of hydrogen-bond donors (Lipinski definition) is 3. The van der Waals surface area contributed by atoms with Crippen LogP contribution < -0.4 is 16.4 Å².